The zero-order valence-corrected chi connectivity index (χ0v) is 13.4. The lowest BCUT2D eigenvalue weighted by Gasteiger charge is -2.32. The molecule has 3 unspecified atom stereocenters. The molecule has 2 rings (SSSR count). The van der Waals surface area contributed by atoms with E-state index in [4.69, 9.17) is 4.74 Å². The predicted octanol–water partition coefficient (Wildman–Crippen LogP) is 4.56. The van der Waals surface area contributed by atoms with Crippen LogP contribution in [0.3, 0.4) is 0 Å². The topological polar surface area (TPSA) is 21.3 Å². The van der Waals surface area contributed by atoms with Crippen LogP contribution < -0.4 is 10.1 Å². The van der Waals surface area contributed by atoms with Crippen molar-refractivity contribution >= 4 is 0 Å². The Balaban J connectivity index is 2.08. The van der Waals surface area contributed by atoms with Crippen LogP contribution in [0.15, 0.2) is 24.3 Å². The minimum atomic E-state index is 0.342. The number of nitrogens with one attached hydrogen (secondary N) is 1. The lowest BCUT2D eigenvalue weighted by Crippen LogP contribution is -2.29. The van der Waals surface area contributed by atoms with Crippen molar-refractivity contribution in [2.45, 2.75) is 59.1 Å². The predicted molar refractivity (Wildman–Crippen MR) is 85.1 cm³/mol. The average Bonchev–Trinajstić information content (AvgIpc) is 2.38. The molecule has 1 N–H and O–H groups in total. The van der Waals surface area contributed by atoms with Crippen LogP contribution >= 0.6 is 0 Å². The summed E-state index contributed by atoms with van der Waals surface area (Å²) in [5, 5.41) is 3.48. The summed E-state index contributed by atoms with van der Waals surface area (Å²) in [6, 6.07) is 8.82. The van der Waals surface area contributed by atoms with Crippen LogP contribution in [-0.4, -0.2) is 12.6 Å². The smallest absolute Gasteiger partial charge is 0.124 e. The number of para-hydroxylation sites is 1. The summed E-state index contributed by atoms with van der Waals surface area (Å²) in [4.78, 5) is 0. The largest absolute Gasteiger partial charge is 0.490 e. The van der Waals surface area contributed by atoms with Crippen molar-refractivity contribution < 1.29 is 4.74 Å². The summed E-state index contributed by atoms with van der Waals surface area (Å²) in [5.41, 5.74) is 1.28. The third kappa shape index (κ3) is 3.99. The van der Waals surface area contributed by atoms with E-state index in [-0.39, 0.29) is 0 Å². The van der Waals surface area contributed by atoms with Gasteiger partial charge >= 0.3 is 0 Å². The molecule has 20 heavy (non-hydrogen) atoms. The summed E-state index contributed by atoms with van der Waals surface area (Å²) in [6.07, 6.45) is 4.10. The van der Waals surface area contributed by atoms with E-state index < -0.39 is 0 Å². The highest BCUT2D eigenvalue weighted by molar-refractivity contribution is 5.35. The van der Waals surface area contributed by atoms with E-state index in [1.807, 2.05) is 0 Å². The highest BCUT2D eigenvalue weighted by atomic mass is 16.5. The highest BCUT2D eigenvalue weighted by Crippen LogP contribution is 2.33. The second-order valence-corrected chi connectivity index (χ2v) is 6.47. The molecule has 0 saturated heterocycles. The van der Waals surface area contributed by atoms with Crippen molar-refractivity contribution in [2.24, 2.45) is 11.8 Å². The van der Waals surface area contributed by atoms with E-state index in [1.165, 1.54) is 24.8 Å². The SMILES string of the molecule is CCNC(C)c1ccccc1OC1CC(C)CC(C)C1. The third-order valence-electron chi connectivity index (χ3n) is 4.32. The van der Waals surface area contributed by atoms with Gasteiger partial charge in [-0.3, -0.25) is 0 Å². The van der Waals surface area contributed by atoms with E-state index >= 15 is 0 Å². The van der Waals surface area contributed by atoms with Crippen LogP contribution in [0.1, 0.15) is 58.6 Å². The Kier molecular flexibility index (Phi) is 5.47. The third-order valence-corrected chi connectivity index (χ3v) is 4.32. The molecule has 2 nitrogen and oxygen atoms in total. The van der Waals surface area contributed by atoms with Crippen LogP contribution in [0, 0.1) is 11.8 Å². The van der Waals surface area contributed by atoms with Gasteiger partial charge in [0.2, 0.25) is 0 Å². The minimum absolute atomic E-state index is 0.342. The van der Waals surface area contributed by atoms with E-state index in [0.29, 0.717) is 12.1 Å². The van der Waals surface area contributed by atoms with E-state index in [1.54, 1.807) is 0 Å². The second-order valence-electron chi connectivity index (χ2n) is 6.47. The second kappa shape index (κ2) is 7.12. The first-order valence-corrected chi connectivity index (χ1v) is 8.09. The van der Waals surface area contributed by atoms with E-state index in [9.17, 15) is 0 Å². The maximum absolute atomic E-state index is 6.35. The number of hydrogen-bond acceptors (Lipinski definition) is 2. The fourth-order valence-corrected chi connectivity index (χ4v) is 3.51. The average molecular weight is 275 g/mol. The lowest BCUT2D eigenvalue weighted by molar-refractivity contribution is 0.0996. The minimum Gasteiger partial charge on any atom is -0.490 e. The van der Waals surface area contributed by atoms with Gasteiger partial charge < -0.3 is 10.1 Å². The molecular formula is C18H29NO. The Morgan fingerprint density at radius 1 is 1.15 bits per heavy atom. The number of benzene rings is 1. The molecule has 0 bridgehead atoms. The fourth-order valence-electron chi connectivity index (χ4n) is 3.51. The molecule has 0 aliphatic heterocycles. The summed E-state index contributed by atoms with van der Waals surface area (Å²) < 4.78 is 6.35. The first-order chi connectivity index (χ1) is 9.60. The van der Waals surface area contributed by atoms with Crippen LogP contribution in [0.4, 0.5) is 0 Å². The van der Waals surface area contributed by atoms with Crippen LogP contribution in [0.5, 0.6) is 5.75 Å². The zero-order valence-electron chi connectivity index (χ0n) is 13.4. The number of rotatable bonds is 5. The van der Waals surface area contributed by atoms with Gasteiger partial charge in [-0.2, -0.15) is 0 Å². The number of ether oxygens (including phenoxy) is 1. The molecule has 1 aliphatic rings. The molecule has 1 saturated carbocycles. The molecule has 2 heteroatoms. The van der Waals surface area contributed by atoms with Gasteiger partial charge in [-0.05, 0) is 50.6 Å². The van der Waals surface area contributed by atoms with Crippen LogP contribution in [0.2, 0.25) is 0 Å². The van der Waals surface area contributed by atoms with Crippen molar-refractivity contribution in [1.82, 2.24) is 5.32 Å². The molecule has 0 radical (unpaired) electrons. The van der Waals surface area contributed by atoms with Gasteiger partial charge in [-0.15, -0.1) is 0 Å². The molecule has 3 atom stereocenters. The standard InChI is InChI=1S/C18H29NO/c1-5-19-15(4)17-8-6-7-9-18(17)20-16-11-13(2)10-14(3)12-16/h6-9,13-16,19H,5,10-12H2,1-4H3. The van der Waals surface area contributed by atoms with E-state index in [0.717, 1.165) is 24.1 Å². The van der Waals surface area contributed by atoms with Crippen molar-refractivity contribution in [3.8, 4) is 5.75 Å². The first-order valence-electron chi connectivity index (χ1n) is 8.09. The molecule has 112 valence electrons. The highest BCUT2D eigenvalue weighted by Gasteiger charge is 2.26. The van der Waals surface area contributed by atoms with Crippen molar-refractivity contribution in [2.75, 3.05) is 6.54 Å². The molecule has 0 spiro atoms. The van der Waals surface area contributed by atoms with Crippen LogP contribution in [-0.2, 0) is 0 Å². The fraction of sp³-hybridized carbons (Fsp3) is 0.667. The molecule has 1 fully saturated rings. The monoisotopic (exact) mass is 275 g/mol. The molecular weight excluding hydrogens is 246 g/mol. The van der Waals surface area contributed by atoms with Gasteiger partial charge in [0.05, 0.1) is 6.10 Å². The summed E-state index contributed by atoms with van der Waals surface area (Å²) >= 11 is 0. The Bertz CT molecular complexity index is 408. The molecule has 1 aromatic carbocycles. The summed E-state index contributed by atoms with van der Waals surface area (Å²) in [5.74, 6) is 2.62. The summed E-state index contributed by atoms with van der Waals surface area (Å²) in [6.45, 7) is 10.0. The number of hydrogen-bond donors (Lipinski definition) is 1. The quantitative estimate of drug-likeness (QED) is 0.850. The van der Waals surface area contributed by atoms with Crippen LogP contribution in [0.25, 0.3) is 0 Å². The van der Waals surface area contributed by atoms with Gasteiger partial charge in [-0.25, -0.2) is 0 Å². The van der Waals surface area contributed by atoms with E-state index in [2.05, 4.69) is 57.3 Å². The van der Waals surface area contributed by atoms with Crippen molar-refractivity contribution in [1.29, 1.82) is 0 Å². The summed E-state index contributed by atoms with van der Waals surface area (Å²) in [7, 11) is 0. The van der Waals surface area contributed by atoms with Crippen molar-refractivity contribution in [3.63, 3.8) is 0 Å². The molecule has 0 aromatic heterocycles. The normalized spacial score (nSPS) is 28.1. The van der Waals surface area contributed by atoms with Gasteiger partial charge in [0.25, 0.3) is 0 Å². The van der Waals surface area contributed by atoms with Gasteiger partial charge in [-0.1, -0.05) is 39.0 Å². The molecule has 0 heterocycles. The first kappa shape index (κ1) is 15.4. The van der Waals surface area contributed by atoms with Gasteiger partial charge in [0.15, 0.2) is 0 Å². The molecule has 0 amide bonds. The Morgan fingerprint density at radius 2 is 1.80 bits per heavy atom. The molecule has 1 aromatic rings. The molecule has 1 aliphatic carbocycles. The maximum atomic E-state index is 6.35. The zero-order chi connectivity index (χ0) is 14.5. The maximum Gasteiger partial charge on any atom is 0.124 e. The Labute approximate surface area is 123 Å². The Morgan fingerprint density at radius 3 is 2.45 bits per heavy atom. The van der Waals surface area contributed by atoms with Gasteiger partial charge in [0, 0.05) is 11.6 Å². The van der Waals surface area contributed by atoms with Crippen molar-refractivity contribution in [3.05, 3.63) is 29.8 Å². The Hall–Kier alpha value is -1.02. The van der Waals surface area contributed by atoms with Gasteiger partial charge in [0.1, 0.15) is 5.75 Å². The lowest BCUT2D eigenvalue weighted by atomic mass is 9.82.